The van der Waals surface area contributed by atoms with Crippen LogP contribution in [-0.4, -0.2) is 99.2 Å². The third-order valence-corrected chi connectivity index (χ3v) is 7.67. The van der Waals surface area contributed by atoms with Crippen molar-refractivity contribution >= 4 is 5.69 Å². The molecule has 0 radical (unpaired) electrons. The lowest BCUT2D eigenvalue weighted by Crippen LogP contribution is -2.51. The smallest absolute Gasteiger partial charge is 0.142 e. The van der Waals surface area contributed by atoms with E-state index < -0.39 is 0 Å². The molecule has 2 N–H and O–H groups in total. The van der Waals surface area contributed by atoms with Crippen LogP contribution < -0.4 is 20.3 Å². The van der Waals surface area contributed by atoms with E-state index >= 15 is 0 Å². The van der Waals surface area contributed by atoms with Gasteiger partial charge < -0.3 is 44.0 Å². The highest BCUT2D eigenvalue weighted by molar-refractivity contribution is 5.61. The van der Waals surface area contributed by atoms with E-state index in [1.807, 2.05) is 7.05 Å². The monoisotopic (exact) mass is 571 g/mol. The van der Waals surface area contributed by atoms with Crippen LogP contribution in [0.25, 0.3) is 0 Å². The lowest BCUT2D eigenvalue weighted by molar-refractivity contribution is -0.0589. The number of fused-ring (bicyclic) bond motifs is 1. The number of hydrogen-bond donors (Lipinski definition) is 2. The maximum Gasteiger partial charge on any atom is 0.142 e. The zero-order valence-electron chi connectivity index (χ0n) is 25.1. The molecule has 0 spiro atoms. The van der Waals surface area contributed by atoms with Crippen LogP contribution in [0, 0.1) is 0 Å². The highest BCUT2D eigenvalue weighted by Crippen LogP contribution is 2.34. The Morgan fingerprint density at radius 1 is 0.878 bits per heavy atom. The molecule has 2 heterocycles. The first-order valence-electron chi connectivity index (χ1n) is 15.0. The third-order valence-electron chi connectivity index (χ3n) is 7.67. The molecule has 0 bridgehead atoms. The summed E-state index contributed by atoms with van der Waals surface area (Å²) < 4.78 is 35.1. The van der Waals surface area contributed by atoms with Crippen LogP contribution in [0.15, 0.2) is 42.5 Å². The zero-order chi connectivity index (χ0) is 28.7. The summed E-state index contributed by atoms with van der Waals surface area (Å²) in [5, 5.41) is 6.73. The molecule has 0 amide bonds. The summed E-state index contributed by atoms with van der Waals surface area (Å²) in [6.07, 6.45) is 1.88. The number of nitrogens with one attached hydrogen (secondary N) is 2. The van der Waals surface area contributed by atoms with Crippen molar-refractivity contribution in [2.45, 2.75) is 44.2 Å². The van der Waals surface area contributed by atoms with Crippen LogP contribution in [0.5, 0.6) is 5.75 Å². The maximum atomic E-state index is 6.66. The summed E-state index contributed by atoms with van der Waals surface area (Å²) in [4.78, 5) is 2.39. The van der Waals surface area contributed by atoms with E-state index in [1.54, 1.807) is 14.2 Å². The highest BCUT2D eigenvalue weighted by atomic mass is 16.5. The van der Waals surface area contributed by atoms with Crippen molar-refractivity contribution in [3.8, 4) is 5.75 Å². The molecule has 3 atom stereocenters. The number of ether oxygens (including phenoxy) is 6. The normalized spacial score (nSPS) is 20.6. The predicted octanol–water partition coefficient (Wildman–Crippen LogP) is 3.35. The van der Waals surface area contributed by atoms with Crippen LogP contribution in [0.2, 0.25) is 0 Å². The van der Waals surface area contributed by atoms with Crippen molar-refractivity contribution in [1.82, 2.24) is 10.6 Å². The average molecular weight is 572 g/mol. The summed E-state index contributed by atoms with van der Waals surface area (Å²) in [7, 11) is 5.42. The van der Waals surface area contributed by atoms with Gasteiger partial charge in [0.2, 0.25) is 0 Å². The first-order chi connectivity index (χ1) is 20.2. The fraction of sp³-hybridized carbons (Fsp3) is 0.625. The molecule has 228 valence electrons. The van der Waals surface area contributed by atoms with Gasteiger partial charge >= 0.3 is 0 Å². The zero-order valence-corrected chi connectivity index (χ0v) is 25.1. The number of methoxy groups -OCH3 is 2. The van der Waals surface area contributed by atoms with Crippen molar-refractivity contribution in [3.63, 3.8) is 0 Å². The van der Waals surface area contributed by atoms with E-state index in [2.05, 4.69) is 58.0 Å². The van der Waals surface area contributed by atoms with E-state index in [0.717, 1.165) is 81.3 Å². The third kappa shape index (κ3) is 9.64. The molecule has 2 aromatic rings. The molecule has 1 unspecified atom stereocenters. The van der Waals surface area contributed by atoms with E-state index in [9.17, 15) is 0 Å². The second-order valence-electron chi connectivity index (χ2n) is 10.7. The van der Waals surface area contributed by atoms with Gasteiger partial charge in [0, 0.05) is 66.1 Å². The largest absolute Gasteiger partial charge is 0.490 e. The molecule has 0 aromatic heterocycles. The van der Waals surface area contributed by atoms with Crippen LogP contribution in [0.4, 0.5) is 5.69 Å². The molecule has 0 aliphatic carbocycles. The van der Waals surface area contributed by atoms with Gasteiger partial charge in [-0.05, 0) is 48.7 Å². The van der Waals surface area contributed by atoms with Crippen molar-refractivity contribution in [1.29, 1.82) is 0 Å². The first kappa shape index (κ1) is 31.7. The van der Waals surface area contributed by atoms with E-state index in [4.69, 9.17) is 28.4 Å². The Labute approximate surface area is 245 Å². The molecular weight excluding hydrogens is 522 g/mol. The Morgan fingerprint density at radius 3 is 2.41 bits per heavy atom. The molecule has 9 nitrogen and oxygen atoms in total. The van der Waals surface area contributed by atoms with Gasteiger partial charge in [0.1, 0.15) is 12.4 Å². The average Bonchev–Trinajstić information content (AvgIpc) is 3.01. The molecule has 2 aliphatic heterocycles. The minimum absolute atomic E-state index is 0.0199. The summed E-state index contributed by atoms with van der Waals surface area (Å²) in [5.41, 5.74) is 4.68. The minimum Gasteiger partial charge on any atom is -0.490 e. The van der Waals surface area contributed by atoms with Gasteiger partial charge in [0.25, 0.3) is 0 Å². The van der Waals surface area contributed by atoms with Gasteiger partial charge in [0.15, 0.2) is 0 Å². The van der Waals surface area contributed by atoms with Crippen molar-refractivity contribution in [2.24, 2.45) is 0 Å². The summed E-state index contributed by atoms with van der Waals surface area (Å²) in [6, 6.07) is 15.2. The number of anilines is 1. The summed E-state index contributed by atoms with van der Waals surface area (Å²) in [5.74, 6) is 1.06. The molecule has 0 saturated carbocycles. The molecular formula is C32H49N3O6. The Kier molecular flexibility index (Phi) is 13.6. The molecule has 2 aliphatic rings. The maximum absolute atomic E-state index is 6.66. The lowest BCUT2D eigenvalue weighted by Gasteiger charge is -2.39. The molecule has 4 rings (SSSR count). The first-order valence-corrected chi connectivity index (χ1v) is 15.0. The second-order valence-corrected chi connectivity index (χ2v) is 10.7. The lowest BCUT2D eigenvalue weighted by atomic mass is 9.85. The molecule has 1 saturated heterocycles. The number of nitrogens with zero attached hydrogens (tertiary/aromatic N) is 1. The van der Waals surface area contributed by atoms with E-state index in [-0.39, 0.29) is 18.1 Å². The highest BCUT2D eigenvalue weighted by Gasteiger charge is 2.36. The van der Waals surface area contributed by atoms with Gasteiger partial charge in [-0.25, -0.2) is 0 Å². The molecule has 1 fully saturated rings. The SMILES string of the molecule is CNCCO[C@@H]1CNC[C@H](OCc2ccc3c(c2)N(CCCOC)CCO3)C1c1ccc(COCCCOC)cc1. The van der Waals surface area contributed by atoms with Crippen LogP contribution in [0.1, 0.15) is 35.4 Å². The minimum atomic E-state index is -0.0235. The van der Waals surface area contributed by atoms with Gasteiger partial charge in [-0.2, -0.15) is 0 Å². The van der Waals surface area contributed by atoms with Crippen molar-refractivity contribution < 1.29 is 28.4 Å². The van der Waals surface area contributed by atoms with Gasteiger partial charge in [-0.15, -0.1) is 0 Å². The Morgan fingerprint density at radius 2 is 1.63 bits per heavy atom. The quantitative estimate of drug-likeness (QED) is 0.262. The topological polar surface area (TPSA) is 82.7 Å². The predicted molar refractivity (Wildman–Crippen MR) is 161 cm³/mol. The Bertz CT molecular complexity index is 1010. The van der Waals surface area contributed by atoms with Crippen LogP contribution in [-0.2, 0) is 36.9 Å². The Balaban J connectivity index is 1.43. The van der Waals surface area contributed by atoms with Crippen LogP contribution >= 0.6 is 0 Å². The van der Waals surface area contributed by atoms with Gasteiger partial charge in [-0.3, -0.25) is 0 Å². The fourth-order valence-electron chi connectivity index (χ4n) is 5.50. The Hall–Kier alpha value is -2.24. The van der Waals surface area contributed by atoms with E-state index in [0.29, 0.717) is 33.0 Å². The number of rotatable bonds is 18. The van der Waals surface area contributed by atoms with Crippen molar-refractivity contribution in [2.75, 3.05) is 91.9 Å². The van der Waals surface area contributed by atoms with E-state index in [1.165, 1.54) is 5.56 Å². The van der Waals surface area contributed by atoms with Gasteiger partial charge in [0.05, 0.1) is 44.3 Å². The second kappa shape index (κ2) is 17.7. The number of hydrogen-bond acceptors (Lipinski definition) is 9. The summed E-state index contributed by atoms with van der Waals surface area (Å²) >= 11 is 0. The fourth-order valence-corrected chi connectivity index (χ4v) is 5.50. The van der Waals surface area contributed by atoms with Gasteiger partial charge in [-0.1, -0.05) is 30.3 Å². The van der Waals surface area contributed by atoms with Crippen LogP contribution in [0.3, 0.4) is 0 Å². The molecule has 41 heavy (non-hydrogen) atoms. The number of benzene rings is 2. The molecule has 2 aromatic carbocycles. The number of piperidine rings is 1. The number of likely N-dealkylation sites (N-methyl/N-ethyl adjacent to an activating group) is 1. The standard InChI is InChI=1S/C32H49N3O6/c1-33-12-18-39-30-21-34-22-31(32(30)27-9-6-25(7-10-27)23-38-17-5-16-37-3)41-24-26-8-11-29-28(20-26)35(14-19-40-29)13-4-15-36-2/h6-11,20,30-34H,4-5,12-19,21-24H2,1-3H3/t30-,31+,32?/m1/s1. The summed E-state index contributed by atoms with van der Waals surface area (Å²) in [6.45, 7) is 8.88. The molecule has 9 heteroatoms. The van der Waals surface area contributed by atoms with Crippen molar-refractivity contribution in [3.05, 3.63) is 59.2 Å².